The molecule has 196 valence electrons. The summed E-state index contributed by atoms with van der Waals surface area (Å²) in [6.45, 7) is 4.49. The molecule has 1 N–H and O–H groups in total. The van der Waals surface area contributed by atoms with Gasteiger partial charge in [-0.2, -0.15) is 4.31 Å². The minimum absolute atomic E-state index is 0.158. The maximum Gasteiger partial charge on any atom is 0.246 e. The topological polar surface area (TPSA) is 84.9 Å². The van der Waals surface area contributed by atoms with E-state index in [2.05, 4.69) is 5.32 Å². The highest BCUT2D eigenvalue weighted by Gasteiger charge is 2.34. The first-order valence-corrected chi connectivity index (χ1v) is 14.0. The number of hydrogen-bond acceptors (Lipinski definition) is 5. The summed E-state index contributed by atoms with van der Waals surface area (Å²) in [6.07, 6.45) is 0.791. The fourth-order valence-electron chi connectivity index (χ4n) is 4.29. The monoisotopic (exact) mass is 542 g/mol. The molecule has 0 aromatic heterocycles. The molecule has 0 spiro atoms. The minimum atomic E-state index is -3.78. The molecule has 1 amide bonds. The maximum absolute atomic E-state index is 13.5. The van der Waals surface area contributed by atoms with E-state index in [9.17, 15) is 13.2 Å². The largest absolute Gasteiger partial charge is 0.495 e. The number of para-hydroxylation sites is 1. The number of halogens is 1. The summed E-state index contributed by atoms with van der Waals surface area (Å²) in [4.78, 5) is 13.3. The molecular weight excluding hydrogens is 512 g/mol. The molecule has 1 aliphatic heterocycles. The lowest BCUT2D eigenvalue weighted by atomic mass is 9.97. The summed E-state index contributed by atoms with van der Waals surface area (Å²) in [5, 5.41) is 3.40. The quantitative estimate of drug-likeness (QED) is 0.361. The van der Waals surface area contributed by atoms with Crippen molar-refractivity contribution in [1.82, 2.24) is 4.31 Å². The third-order valence-corrected chi connectivity index (χ3v) is 8.62. The van der Waals surface area contributed by atoms with Crippen molar-refractivity contribution in [3.63, 3.8) is 0 Å². The molecule has 1 saturated heterocycles. The Morgan fingerprint density at radius 2 is 1.68 bits per heavy atom. The zero-order valence-electron chi connectivity index (χ0n) is 21.1. The van der Waals surface area contributed by atoms with Gasteiger partial charge in [-0.1, -0.05) is 49.7 Å². The van der Waals surface area contributed by atoms with E-state index in [1.807, 2.05) is 50.2 Å². The van der Waals surface area contributed by atoms with Gasteiger partial charge in [0.1, 0.15) is 16.4 Å². The van der Waals surface area contributed by atoms with Crippen LogP contribution in [0.2, 0.25) is 5.02 Å². The Morgan fingerprint density at radius 3 is 2.32 bits per heavy atom. The van der Waals surface area contributed by atoms with E-state index in [1.165, 1.54) is 11.4 Å². The molecule has 7 nitrogen and oxygen atoms in total. The van der Waals surface area contributed by atoms with Crippen molar-refractivity contribution in [2.24, 2.45) is 5.92 Å². The first kappa shape index (κ1) is 27.0. The number of ether oxygens (including phenoxy) is 2. The van der Waals surface area contributed by atoms with Crippen molar-refractivity contribution in [3.05, 3.63) is 77.3 Å². The van der Waals surface area contributed by atoms with Crippen LogP contribution in [0.3, 0.4) is 0 Å². The number of methoxy groups -OCH3 is 1. The Bertz CT molecular complexity index is 1350. The van der Waals surface area contributed by atoms with Crippen molar-refractivity contribution in [3.8, 4) is 17.2 Å². The fraction of sp³-hybridized carbons (Fsp3) is 0.321. The van der Waals surface area contributed by atoms with Crippen LogP contribution in [0.4, 0.5) is 5.69 Å². The number of amides is 1. The molecule has 4 rings (SSSR count). The summed E-state index contributed by atoms with van der Waals surface area (Å²) < 4.78 is 39.7. The fourth-order valence-corrected chi connectivity index (χ4v) is 6.12. The van der Waals surface area contributed by atoms with Gasteiger partial charge in [0.25, 0.3) is 0 Å². The number of nitrogens with zero attached hydrogens (tertiary/aromatic N) is 1. The highest BCUT2D eigenvalue weighted by molar-refractivity contribution is 7.89. The Labute approximate surface area is 223 Å². The van der Waals surface area contributed by atoms with Crippen LogP contribution in [-0.2, 0) is 14.8 Å². The zero-order valence-corrected chi connectivity index (χ0v) is 22.7. The number of carbonyl (C=O) groups is 1. The van der Waals surface area contributed by atoms with Gasteiger partial charge in [-0.3, -0.25) is 4.79 Å². The number of piperidine rings is 1. The first-order valence-electron chi connectivity index (χ1n) is 12.2. The number of benzene rings is 3. The van der Waals surface area contributed by atoms with E-state index in [-0.39, 0.29) is 35.7 Å². The molecule has 1 fully saturated rings. The van der Waals surface area contributed by atoms with E-state index in [4.69, 9.17) is 21.1 Å². The maximum atomic E-state index is 13.5. The lowest BCUT2D eigenvalue weighted by Crippen LogP contribution is -2.41. The zero-order chi connectivity index (χ0) is 26.6. The molecular formula is C28H31ClN2O5S. The smallest absolute Gasteiger partial charge is 0.246 e. The molecule has 9 heteroatoms. The Hall–Kier alpha value is -3.07. The van der Waals surface area contributed by atoms with E-state index in [0.717, 1.165) is 5.56 Å². The second-order valence-electron chi connectivity index (χ2n) is 9.29. The average Bonchev–Trinajstić information content (AvgIpc) is 2.90. The molecule has 0 atom stereocenters. The van der Waals surface area contributed by atoms with Crippen molar-refractivity contribution in [2.45, 2.75) is 37.5 Å². The van der Waals surface area contributed by atoms with Gasteiger partial charge in [0.05, 0.1) is 12.8 Å². The number of carbonyl (C=O) groups excluding carboxylic acids is 1. The summed E-state index contributed by atoms with van der Waals surface area (Å²) in [5.41, 5.74) is 1.38. The number of rotatable bonds is 8. The summed E-state index contributed by atoms with van der Waals surface area (Å²) in [7, 11) is -2.31. The van der Waals surface area contributed by atoms with Crippen LogP contribution >= 0.6 is 11.6 Å². The third kappa shape index (κ3) is 6.26. The lowest BCUT2D eigenvalue weighted by Gasteiger charge is -2.31. The number of sulfonamides is 1. The van der Waals surface area contributed by atoms with Crippen LogP contribution in [0.25, 0.3) is 0 Å². The normalized spacial score (nSPS) is 14.9. The van der Waals surface area contributed by atoms with Gasteiger partial charge in [-0.05, 0) is 66.8 Å². The van der Waals surface area contributed by atoms with E-state index >= 15 is 0 Å². The molecule has 3 aromatic rings. The SMILES string of the molecule is COc1ccc(C(C)C)cc1S(=O)(=O)N1CCC(C(=O)Nc2cc(Cl)ccc2Oc2ccccc2)CC1. The first-order chi connectivity index (χ1) is 17.7. The molecule has 1 aliphatic rings. The van der Waals surface area contributed by atoms with E-state index in [0.29, 0.717) is 40.8 Å². The van der Waals surface area contributed by atoms with Crippen LogP contribution < -0.4 is 14.8 Å². The van der Waals surface area contributed by atoms with Crippen LogP contribution in [-0.4, -0.2) is 38.8 Å². The van der Waals surface area contributed by atoms with Crippen LogP contribution in [0, 0.1) is 5.92 Å². The Morgan fingerprint density at radius 1 is 1.00 bits per heavy atom. The highest BCUT2D eigenvalue weighted by atomic mass is 35.5. The van der Waals surface area contributed by atoms with Gasteiger partial charge in [0, 0.05) is 24.0 Å². The van der Waals surface area contributed by atoms with Gasteiger partial charge >= 0.3 is 0 Å². The van der Waals surface area contributed by atoms with Gasteiger partial charge < -0.3 is 14.8 Å². The van der Waals surface area contributed by atoms with Gasteiger partial charge in [-0.25, -0.2) is 8.42 Å². The summed E-state index contributed by atoms with van der Waals surface area (Å²) in [6, 6.07) is 19.6. The lowest BCUT2D eigenvalue weighted by molar-refractivity contribution is -0.120. The number of anilines is 1. The predicted octanol–water partition coefficient (Wildman–Crippen LogP) is 6.30. The van der Waals surface area contributed by atoms with Crippen LogP contribution in [0.1, 0.15) is 38.2 Å². The second kappa shape index (κ2) is 11.5. The Kier molecular flexibility index (Phi) is 8.42. The third-order valence-electron chi connectivity index (χ3n) is 6.47. The van der Waals surface area contributed by atoms with Gasteiger partial charge in [-0.15, -0.1) is 0 Å². The van der Waals surface area contributed by atoms with Crippen LogP contribution in [0.15, 0.2) is 71.6 Å². The molecule has 0 unspecified atom stereocenters. The van der Waals surface area contributed by atoms with Crippen molar-refractivity contribution < 1.29 is 22.7 Å². The van der Waals surface area contributed by atoms with E-state index < -0.39 is 10.0 Å². The standard InChI is InChI=1S/C28H31ClN2O5S/c1-19(2)21-9-11-26(35-3)27(17-21)37(33,34)31-15-13-20(14-16-31)28(32)30-24-18-22(29)10-12-25(24)36-23-7-5-4-6-8-23/h4-12,17-20H,13-16H2,1-3H3,(H,30,32). The number of nitrogens with one attached hydrogen (secondary N) is 1. The highest BCUT2D eigenvalue weighted by Crippen LogP contribution is 2.35. The van der Waals surface area contributed by atoms with E-state index in [1.54, 1.807) is 30.3 Å². The van der Waals surface area contributed by atoms with Crippen molar-refractivity contribution in [2.75, 3.05) is 25.5 Å². The number of hydrogen-bond donors (Lipinski definition) is 1. The molecule has 0 aliphatic carbocycles. The average molecular weight is 543 g/mol. The molecule has 0 radical (unpaired) electrons. The summed E-state index contributed by atoms with van der Waals surface area (Å²) in [5.74, 6) is 1.06. The van der Waals surface area contributed by atoms with Gasteiger partial charge in [0.15, 0.2) is 5.75 Å². The van der Waals surface area contributed by atoms with Crippen LogP contribution in [0.5, 0.6) is 17.2 Å². The molecule has 37 heavy (non-hydrogen) atoms. The predicted molar refractivity (Wildman–Crippen MR) is 145 cm³/mol. The minimum Gasteiger partial charge on any atom is -0.495 e. The Balaban J connectivity index is 1.45. The molecule has 3 aromatic carbocycles. The van der Waals surface area contributed by atoms with Crippen molar-refractivity contribution >= 4 is 33.2 Å². The molecule has 0 bridgehead atoms. The molecule has 0 saturated carbocycles. The van der Waals surface area contributed by atoms with Crippen molar-refractivity contribution in [1.29, 1.82) is 0 Å². The second-order valence-corrected chi connectivity index (χ2v) is 11.6. The summed E-state index contributed by atoms with van der Waals surface area (Å²) >= 11 is 6.18. The van der Waals surface area contributed by atoms with Gasteiger partial charge in [0.2, 0.25) is 15.9 Å². The molecule has 1 heterocycles.